The molecule has 0 aliphatic carbocycles. The molecule has 1 aromatic rings. The molecule has 2 heterocycles. The number of rotatable bonds is 2. The van der Waals surface area contributed by atoms with Crippen LogP contribution in [0.4, 0.5) is 11.4 Å². The van der Waals surface area contributed by atoms with Gasteiger partial charge in [0.1, 0.15) is 0 Å². The van der Waals surface area contributed by atoms with E-state index in [9.17, 15) is 14.9 Å². The average Bonchev–Trinajstić information content (AvgIpc) is 2.65. The summed E-state index contributed by atoms with van der Waals surface area (Å²) in [5.41, 5.74) is 1.51. The summed E-state index contributed by atoms with van der Waals surface area (Å²) in [7, 11) is 0. The van der Waals surface area contributed by atoms with Crippen LogP contribution in [-0.2, 0) is 16.0 Å². The predicted molar refractivity (Wildman–Crippen MR) is 76.2 cm³/mol. The number of carbonyl (C=O) groups is 1. The fraction of sp³-hybridized carbons (Fsp3) is 0.500. The SMILES string of the molecule is O=C1Nc2cc([N+](=O)[O-])ccc2CCC1N1CCOCC1. The van der Waals surface area contributed by atoms with Gasteiger partial charge in [-0.15, -0.1) is 0 Å². The monoisotopic (exact) mass is 291 g/mol. The summed E-state index contributed by atoms with van der Waals surface area (Å²) < 4.78 is 5.31. The van der Waals surface area contributed by atoms with Gasteiger partial charge >= 0.3 is 0 Å². The maximum absolute atomic E-state index is 12.4. The lowest BCUT2D eigenvalue weighted by atomic mass is 10.0. The molecule has 2 aliphatic rings. The minimum absolute atomic E-state index is 0.00104. The highest BCUT2D eigenvalue weighted by atomic mass is 16.6. The molecule has 1 N–H and O–H groups in total. The molecule has 1 fully saturated rings. The van der Waals surface area contributed by atoms with Crippen molar-refractivity contribution in [2.75, 3.05) is 31.6 Å². The number of non-ortho nitro benzene ring substituents is 1. The Morgan fingerprint density at radius 2 is 2.10 bits per heavy atom. The Bertz CT molecular complexity index is 569. The van der Waals surface area contributed by atoms with Crippen molar-refractivity contribution in [3.63, 3.8) is 0 Å². The molecule has 21 heavy (non-hydrogen) atoms. The highest BCUT2D eigenvalue weighted by molar-refractivity contribution is 5.96. The Hall–Kier alpha value is -1.99. The number of benzene rings is 1. The normalized spacial score (nSPS) is 23.0. The van der Waals surface area contributed by atoms with Crippen LogP contribution >= 0.6 is 0 Å². The molecular formula is C14H17N3O4. The molecule has 0 aromatic heterocycles. The maximum atomic E-state index is 12.4. The van der Waals surface area contributed by atoms with Gasteiger partial charge in [-0.05, 0) is 18.4 Å². The molecule has 1 saturated heterocycles. The Balaban J connectivity index is 1.81. The van der Waals surface area contributed by atoms with E-state index in [1.54, 1.807) is 6.07 Å². The van der Waals surface area contributed by atoms with Gasteiger partial charge in [0.25, 0.3) is 5.69 Å². The van der Waals surface area contributed by atoms with Crippen molar-refractivity contribution in [3.05, 3.63) is 33.9 Å². The van der Waals surface area contributed by atoms with Crippen molar-refractivity contribution in [1.29, 1.82) is 0 Å². The zero-order chi connectivity index (χ0) is 14.8. The zero-order valence-corrected chi connectivity index (χ0v) is 11.6. The number of nitrogens with zero attached hydrogens (tertiary/aromatic N) is 2. The van der Waals surface area contributed by atoms with Gasteiger partial charge in [0, 0.05) is 25.2 Å². The molecule has 7 nitrogen and oxygen atoms in total. The number of anilines is 1. The van der Waals surface area contributed by atoms with E-state index in [1.165, 1.54) is 12.1 Å². The van der Waals surface area contributed by atoms with Crippen LogP contribution in [0, 0.1) is 10.1 Å². The van der Waals surface area contributed by atoms with E-state index in [2.05, 4.69) is 10.2 Å². The Morgan fingerprint density at radius 3 is 2.81 bits per heavy atom. The van der Waals surface area contributed by atoms with E-state index < -0.39 is 4.92 Å². The lowest BCUT2D eigenvalue weighted by molar-refractivity contribution is -0.384. The minimum atomic E-state index is -0.448. The molecule has 0 bridgehead atoms. The molecular weight excluding hydrogens is 274 g/mol. The van der Waals surface area contributed by atoms with Crippen LogP contribution in [0.5, 0.6) is 0 Å². The highest BCUT2D eigenvalue weighted by Crippen LogP contribution is 2.28. The molecule has 0 saturated carbocycles. The van der Waals surface area contributed by atoms with Crippen LogP contribution in [0.15, 0.2) is 18.2 Å². The molecule has 1 unspecified atom stereocenters. The third-order valence-electron chi connectivity index (χ3n) is 4.04. The molecule has 0 radical (unpaired) electrons. The Labute approximate surface area is 122 Å². The van der Waals surface area contributed by atoms with Gasteiger partial charge in [-0.25, -0.2) is 0 Å². The smallest absolute Gasteiger partial charge is 0.271 e. The van der Waals surface area contributed by atoms with E-state index in [0.29, 0.717) is 18.9 Å². The number of hydrogen-bond donors (Lipinski definition) is 1. The van der Waals surface area contributed by atoms with Crippen LogP contribution in [-0.4, -0.2) is 48.1 Å². The molecule has 1 amide bonds. The number of nitrogens with one attached hydrogen (secondary N) is 1. The van der Waals surface area contributed by atoms with Gasteiger partial charge in [0.15, 0.2) is 0 Å². The number of nitro benzene ring substituents is 1. The topological polar surface area (TPSA) is 84.7 Å². The molecule has 7 heteroatoms. The van der Waals surface area contributed by atoms with Crippen LogP contribution in [0.2, 0.25) is 0 Å². The van der Waals surface area contributed by atoms with Gasteiger partial charge in [-0.2, -0.15) is 0 Å². The van der Waals surface area contributed by atoms with E-state index in [4.69, 9.17) is 4.74 Å². The number of fused-ring (bicyclic) bond motifs is 1. The first-order valence-corrected chi connectivity index (χ1v) is 7.05. The van der Waals surface area contributed by atoms with Crippen molar-refractivity contribution in [3.8, 4) is 0 Å². The molecule has 1 atom stereocenters. The predicted octanol–water partition coefficient (Wildman–Crippen LogP) is 1.18. The summed E-state index contributed by atoms with van der Waals surface area (Å²) in [6.45, 7) is 2.77. The first-order chi connectivity index (χ1) is 10.1. The number of nitro groups is 1. The van der Waals surface area contributed by atoms with Crippen molar-refractivity contribution >= 4 is 17.3 Å². The van der Waals surface area contributed by atoms with Crippen LogP contribution in [0.25, 0.3) is 0 Å². The Morgan fingerprint density at radius 1 is 1.33 bits per heavy atom. The molecule has 1 aromatic carbocycles. The summed E-state index contributed by atoms with van der Waals surface area (Å²) in [4.78, 5) is 24.9. The summed E-state index contributed by atoms with van der Waals surface area (Å²) >= 11 is 0. The molecule has 3 rings (SSSR count). The number of aryl methyl sites for hydroxylation is 1. The van der Waals surface area contributed by atoms with E-state index in [1.807, 2.05) is 0 Å². The summed E-state index contributed by atoms with van der Waals surface area (Å²) in [6.07, 6.45) is 1.45. The second-order valence-corrected chi connectivity index (χ2v) is 5.29. The van der Waals surface area contributed by atoms with Gasteiger partial charge in [-0.1, -0.05) is 6.07 Å². The number of carbonyl (C=O) groups excluding carboxylic acids is 1. The van der Waals surface area contributed by atoms with Crippen LogP contribution in [0.3, 0.4) is 0 Å². The quantitative estimate of drug-likeness (QED) is 0.653. The number of morpholine rings is 1. The fourth-order valence-corrected chi connectivity index (χ4v) is 2.89. The highest BCUT2D eigenvalue weighted by Gasteiger charge is 2.30. The van der Waals surface area contributed by atoms with Crippen molar-refractivity contribution in [1.82, 2.24) is 4.90 Å². The zero-order valence-electron chi connectivity index (χ0n) is 11.6. The lowest BCUT2D eigenvalue weighted by Gasteiger charge is -2.32. The second-order valence-electron chi connectivity index (χ2n) is 5.29. The largest absolute Gasteiger partial charge is 0.379 e. The number of amides is 1. The van der Waals surface area contributed by atoms with E-state index >= 15 is 0 Å². The second kappa shape index (κ2) is 5.79. The van der Waals surface area contributed by atoms with Gasteiger partial charge in [-0.3, -0.25) is 19.8 Å². The molecule has 112 valence electrons. The van der Waals surface area contributed by atoms with Crippen LogP contribution < -0.4 is 5.32 Å². The average molecular weight is 291 g/mol. The minimum Gasteiger partial charge on any atom is -0.379 e. The first-order valence-electron chi connectivity index (χ1n) is 7.05. The lowest BCUT2D eigenvalue weighted by Crippen LogP contribution is -2.48. The summed E-state index contributed by atoms with van der Waals surface area (Å²) in [6, 6.07) is 4.46. The first kappa shape index (κ1) is 14.0. The van der Waals surface area contributed by atoms with Crippen molar-refractivity contribution in [2.24, 2.45) is 0 Å². The van der Waals surface area contributed by atoms with E-state index in [-0.39, 0.29) is 17.6 Å². The third kappa shape index (κ3) is 2.88. The number of ether oxygens (including phenoxy) is 1. The standard InChI is InChI=1S/C14H17N3O4/c18-14-13(16-5-7-21-8-6-16)4-2-10-1-3-11(17(19)20)9-12(10)15-14/h1,3,9,13H,2,4-8H2,(H,15,18). The number of hydrogen-bond acceptors (Lipinski definition) is 5. The van der Waals surface area contributed by atoms with E-state index in [0.717, 1.165) is 31.5 Å². The third-order valence-corrected chi connectivity index (χ3v) is 4.04. The van der Waals surface area contributed by atoms with Gasteiger partial charge in [0.2, 0.25) is 5.91 Å². The van der Waals surface area contributed by atoms with Gasteiger partial charge in [0.05, 0.1) is 29.9 Å². The van der Waals surface area contributed by atoms with Crippen LogP contribution in [0.1, 0.15) is 12.0 Å². The van der Waals surface area contributed by atoms with Crippen molar-refractivity contribution in [2.45, 2.75) is 18.9 Å². The molecule has 0 spiro atoms. The summed E-state index contributed by atoms with van der Waals surface area (Å²) in [5, 5.41) is 13.7. The maximum Gasteiger partial charge on any atom is 0.271 e. The summed E-state index contributed by atoms with van der Waals surface area (Å²) in [5.74, 6) is -0.0869. The fourth-order valence-electron chi connectivity index (χ4n) is 2.89. The Kier molecular flexibility index (Phi) is 3.85. The van der Waals surface area contributed by atoms with Crippen molar-refractivity contribution < 1.29 is 14.5 Å². The van der Waals surface area contributed by atoms with Gasteiger partial charge < -0.3 is 10.1 Å². The molecule has 2 aliphatic heterocycles.